The highest BCUT2D eigenvalue weighted by Crippen LogP contribution is 2.25. The summed E-state index contributed by atoms with van der Waals surface area (Å²) in [5.74, 6) is -1.29. The van der Waals surface area contributed by atoms with E-state index >= 15 is 0 Å². The Balaban J connectivity index is 3.15. The fraction of sp³-hybridized carbons (Fsp3) is 0.792. The molecule has 0 bridgehead atoms. The van der Waals surface area contributed by atoms with Crippen LogP contribution in [0.2, 0.25) is 0 Å². The third-order valence-electron chi connectivity index (χ3n) is 6.15. The van der Waals surface area contributed by atoms with Gasteiger partial charge in [0.15, 0.2) is 0 Å². The molecule has 2 amide bonds. The van der Waals surface area contributed by atoms with Crippen molar-refractivity contribution in [3.8, 4) is 0 Å². The zero-order chi connectivity index (χ0) is 24.1. The third-order valence-corrected chi connectivity index (χ3v) is 6.15. The summed E-state index contributed by atoms with van der Waals surface area (Å²) in [4.78, 5) is 41.9. The van der Waals surface area contributed by atoms with Crippen molar-refractivity contribution in [3.63, 3.8) is 0 Å². The van der Waals surface area contributed by atoms with Crippen LogP contribution < -0.4 is 5.32 Å². The van der Waals surface area contributed by atoms with E-state index in [4.69, 9.17) is 0 Å². The van der Waals surface area contributed by atoms with Gasteiger partial charge in [-0.3, -0.25) is 14.5 Å². The Morgan fingerprint density at radius 1 is 1.13 bits per heavy atom. The molecule has 0 aromatic carbocycles. The van der Waals surface area contributed by atoms with Crippen LogP contribution in [0.25, 0.3) is 0 Å². The number of carboxylic acids is 1. The van der Waals surface area contributed by atoms with Gasteiger partial charge in [0, 0.05) is 18.7 Å². The Hall–Kier alpha value is -1.89. The molecule has 1 heterocycles. The summed E-state index contributed by atoms with van der Waals surface area (Å²) in [6, 6.07) is -1.06. The molecule has 0 saturated carbocycles. The fourth-order valence-corrected chi connectivity index (χ4v) is 4.17. The van der Waals surface area contributed by atoms with Crippen molar-refractivity contribution in [1.82, 2.24) is 15.1 Å². The maximum Gasteiger partial charge on any atom is 0.331 e. The van der Waals surface area contributed by atoms with E-state index < -0.39 is 17.4 Å². The van der Waals surface area contributed by atoms with Crippen LogP contribution in [0.1, 0.15) is 74.7 Å². The van der Waals surface area contributed by atoms with Gasteiger partial charge in [0.2, 0.25) is 11.8 Å². The van der Waals surface area contributed by atoms with Crippen LogP contribution in [0, 0.1) is 11.3 Å². The number of rotatable bonds is 8. The van der Waals surface area contributed by atoms with Gasteiger partial charge >= 0.3 is 5.97 Å². The smallest absolute Gasteiger partial charge is 0.331 e. The Morgan fingerprint density at radius 2 is 1.71 bits per heavy atom. The molecule has 31 heavy (non-hydrogen) atoms. The predicted molar refractivity (Wildman–Crippen MR) is 124 cm³/mol. The van der Waals surface area contributed by atoms with Crippen LogP contribution in [0.3, 0.4) is 0 Å². The Labute approximate surface area is 188 Å². The van der Waals surface area contributed by atoms with E-state index in [1.54, 1.807) is 18.0 Å². The van der Waals surface area contributed by atoms with E-state index in [1.165, 1.54) is 6.92 Å². The second-order valence-electron chi connectivity index (χ2n) is 10.5. The average molecular weight is 438 g/mol. The normalized spacial score (nSPS) is 20.5. The molecule has 0 aromatic rings. The minimum atomic E-state index is -1.00. The summed E-state index contributed by atoms with van der Waals surface area (Å²) < 4.78 is 0. The number of carboxylic acid groups (broad SMARTS) is 1. The molecule has 0 radical (unpaired) electrons. The molecule has 1 fully saturated rings. The number of hydrogen-bond acceptors (Lipinski definition) is 4. The first-order chi connectivity index (χ1) is 14.2. The van der Waals surface area contributed by atoms with E-state index in [2.05, 4.69) is 24.1 Å². The zero-order valence-electron chi connectivity index (χ0n) is 20.9. The molecule has 1 aliphatic heterocycles. The SMILES string of the molecule is CC(=C[C@H](C(C)C)N(C)C(=O)[C@@H](NC(=O)[C@@H]1CCCCN1C(C)C)C(C)(C)C)C(=O)O. The van der Waals surface area contributed by atoms with E-state index in [-0.39, 0.29) is 41.4 Å². The second-order valence-corrected chi connectivity index (χ2v) is 10.5. The first kappa shape index (κ1) is 27.1. The molecule has 0 aromatic heterocycles. The number of carbonyl (C=O) groups excluding carboxylic acids is 2. The number of carbonyl (C=O) groups is 3. The summed E-state index contributed by atoms with van der Waals surface area (Å²) in [5.41, 5.74) is -0.296. The Kier molecular flexibility index (Phi) is 9.73. The lowest BCUT2D eigenvalue weighted by molar-refractivity contribution is -0.142. The number of nitrogens with one attached hydrogen (secondary N) is 1. The van der Waals surface area contributed by atoms with Gasteiger partial charge < -0.3 is 15.3 Å². The lowest BCUT2D eigenvalue weighted by Gasteiger charge is -2.41. The van der Waals surface area contributed by atoms with Crippen molar-refractivity contribution in [1.29, 1.82) is 0 Å². The van der Waals surface area contributed by atoms with Gasteiger partial charge in [-0.2, -0.15) is 0 Å². The van der Waals surface area contributed by atoms with Crippen LogP contribution >= 0.6 is 0 Å². The first-order valence-electron chi connectivity index (χ1n) is 11.4. The van der Waals surface area contributed by atoms with Crippen LogP contribution in [-0.4, -0.2) is 70.4 Å². The van der Waals surface area contributed by atoms with Crippen LogP contribution in [0.5, 0.6) is 0 Å². The standard InChI is InChI=1S/C24H43N3O4/c1-15(2)19(14-17(5)23(30)31)26(9)22(29)20(24(6,7)8)25-21(28)18-12-10-11-13-27(18)16(3)4/h14-16,18-20H,10-13H2,1-9H3,(H,25,28)(H,30,31)/t18-,19+,20+/m0/s1. The topological polar surface area (TPSA) is 90.0 Å². The Morgan fingerprint density at radius 3 is 2.16 bits per heavy atom. The highest BCUT2D eigenvalue weighted by atomic mass is 16.4. The van der Waals surface area contributed by atoms with Crippen LogP contribution in [0.15, 0.2) is 11.6 Å². The minimum absolute atomic E-state index is 0.0225. The van der Waals surface area contributed by atoms with Gasteiger partial charge in [-0.25, -0.2) is 4.79 Å². The zero-order valence-corrected chi connectivity index (χ0v) is 20.9. The van der Waals surface area contributed by atoms with Gasteiger partial charge in [-0.15, -0.1) is 0 Å². The van der Waals surface area contributed by atoms with Crippen molar-refractivity contribution in [2.45, 2.75) is 98.8 Å². The summed E-state index contributed by atoms with van der Waals surface area (Å²) >= 11 is 0. The summed E-state index contributed by atoms with van der Waals surface area (Å²) in [6.45, 7) is 16.3. The molecule has 1 saturated heterocycles. The summed E-state index contributed by atoms with van der Waals surface area (Å²) in [5, 5.41) is 12.3. The number of aliphatic carboxylic acids is 1. The number of amides is 2. The molecule has 0 aliphatic carbocycles. The van der Waals surface area contributed by atoms with E-state index in [9.17, 15) is 19.5 Å². The Bertz CT molecular complexity index is 679. The largest absolute Gasteiger partial charge is 0.478 e. The van der Waals surface area contributed by atoms with Crippen molar-refractivity contribution < 1.29 is 19.5 Å². The molecule has 0 spiro atoms. The van der Waals surface area contributed by atoms with Crippen molar-refractivity contribution in [2.24, 2.45) is 11.3 Å². The van der Waals surface area contributed by atoms with Gasteiger partial charge in [0.25, 0.3) is 0 Å². The molecule has 1 aliphatic rings. The molecular weight excluding hydrogens is 394 g/mol. The minimum Gasteiger partial charge on any atom is -0.478 e. The highest BCUT2D eigenvalue weighted by molar-refractivity contribution is 5.91. The lowest BCUT2D eigenvalue weighted by atomic mass is 9.84. The third kappa shape index (κ3) is 7.34. The highest BCUT2D eigenvalue weighted by Gasteiger charge is 2.39. The maximum absolute atomic E-state index is 13.5. The van der Waals surface area contributed by atoms with Gasteiger partial charge in [-0.05, 0) is 51.5 Å². The number of piperidine rings is 1. The monoisotopic (exact) mass is 437 g/mol. The first-order valence-corrected chi connectivity index (χ1v) is 11.4. The number of nitrogens with zero attached hydrogens (tertiary/aromatic N) is 2. The number of hydrogen-bond donors (Lipinski definition) is 2. The molecule has 1 rings (SSSR count). The van der Waals surface area contributed by atoms with Crippen molar-refractivity contribution >= 4 is 17.8 Å². The summed E-state index contributed by atoms with van der Waals surface area (Å²) in [6.07, 6.45) is 4.50. The van der Waals surface area contributed by atoms with Crippen molar-refractivity contribution in [3.05, 3.63) is 11.6 Å². The number of likely N-dealkylation sites (tertiary alicyclic amines) is 1. The molecular formula is C24H43N3O4. The van der Waals surface area contributed by atoms with E-state index in [0.29, 0.717) is 0 Å². The lowest BCUT2D eigenvalue weighted by Crippen LogP contribution is -2.60. The van der Waals surface area contributed by atoms with E-state index in [1.807, 2.05) is 34.6 Å². The van der Waals surface area contributed by atoms with Gasteiger partial charge in [0.1, 0.15) is 6.04 Å². The van der Waals surface area contributed by atoms with Crippen LogP contribution in [0.4, 0.5) is 0 Å². The number of likely N-dealkylation sites (N-methyl/N-ethyl adjacent to an activating group) is 1. The molecule has 178 valence electrons. The maximum atomic E-state index is 13.5. The summed E-state index contributed by atoms with van der Waals surface area (Å²) in [7, 11) is 1.69. The van der Waals surface area contributed by atoms with Gasteiger partial charge in [0.05, 0.1) is 12.1 Å². The predicted octanol–water partition coefficient (Wildman–Crippen LogP) is 3.29. The molecule has 3 atom stereocenters. The molecule has 7 heteroatoms. The molecule has 2 N–H and O–H groups in total. The quantitative estimate of drug-likeness (QED) is 0.569. The van der Waals surface area contributed by atoms with Crippen molar-refractivity contribution in [2.75, 3.05) is 13.6 Å². The molecule has 0 unspecified atom stereocenters. The molecule has 7 nitrogen and oxygen atoms in total. The van der Waals surface area contributed by atoms with Gasteiger partial charge in [-0.1, -0.05) is 47.1 Å². The van der Waals surface area contributed by atoms with E-state index in [0.717, 1.165) is 25.8 Å². The second kappa shape index (κ2) is 11.1. The fourth-order valence-electron chi connectivity index (χ4n) is 4.17. The average Bonchev–Trinajstić information content (AvgIpc) is 2.67. The van der Waals surface area contributed by atoms with Crippen LogP contribution in [-0.2, 0) is 14.4 Å².